The fourth-order valence-corrected chi connectivity index (χ4v) is 6.32. The molecule has 1 fully saturated rings. The van der Waals surface area contributed by atoms with Crippen LogP contribution < -0.4 is 9.44 Å². The molecule has 2 N–H and O–H groups in total. The largest absolute Gasteiger partial charge is 0.512 e. The fourth-order valence-electron chi connectivity index (χ4n) is 2.08. The van der Waals surface area contributed by atoms with E-state index >= 15 is 0 Å². The highest BCUT2D eigenvalue weighted by Gasteiger charge is 2.82. The van der Waals surface area contributed by atoms with E-state index in [4.69, 9.17) is 0 Å². The van der Waals surface area contributed by atoms with Gasteiger partial charge in [0.1, 0.15) is 0 Å². The van der Waals surface area contributed by atoms with E-state index in [-0.39, 0.29) is 13.1 Å². The number of rotatable bonds is 7. The van der Waals surface area contributed by atoms with Crippen molar-refractivity contribution in [2.45, 2.75) is 40.0 Å². The van der Waals surface area contributed by atoms with Gasteiger partial charge in [0.15, 0.2) is 0 Å². The molecule has 8 nitrogen and oxygen atoms in total. The maximum Gasteiger partial charge on any atom is 0.512 e. The second-order valence-electron chi connectivity index (χ2n) is 5.64. The van der Waals surface area contributed by atoms with Gasteiger partial charge in [-0.15, -0.1) is 0 Å². The normalized spacial score (nSPS) is 19.3. The van der Waals surface area contributed by atoms with Crippen LogP contribution in [0.15, 0.2) is 0 Å². The number of sulfone groups is 1. The van der Waals surface area contributed by atoms with Gasteiger partial charge < -0.3 is 5.32 Å². The lowest BCUT2D eigenvalue weighted by Crippen LogP contribution is -2.65. The number of hydrogen-bond acceptors (Lipinski definition) is 7. The third kappa shape index (κ3) is 4.17. The third-order valence-corrected chi connectivity index (χ3v) is 9.29. The van der Waals surface area contributed by atoms with E-state index < -0.39 is 74.0 Å². The van der Waals surface area contributed by atoms with Crippen molar-refractivity contribution in [3.63, 3.8) is 0 Å². The molecule has 0 amide bonds. The summed E-state index contributed by atoms with van der Waals surface area (Å²) in [6.07, 6.45) is -1.49. The van der Waals surface area contributed by atoms with Crippen molar-refractivity contribution in [3.05, 3.63) is 0 Å². The Kier molecular flexibility index (Phi) is 6.66. The van der Waals surface area contributed by atoms with Gasteiger partial charge in [0.05, 0.1) is 5.25 Å². The number of nitrogens with one attached hydrogen (secondary N) is 2. The van der Waals surface area contributed by atoms with Crippen LogP contribution in [0.1, 0.15) is 12.8 Å². The van der Waals surface area contributed by atoms with Crippen LogP contribution in [0.2, 0.25) is 0 Å². The lowest BCUT2D eigenvalue weighted by Gasteiger charge is -2.34. The molecule has 0 radical (unpaired) electrons. The summed E-state index contributed by atoms with van der Waals surface area (Å²) in [6, 6.07) is 0. The molecule has 0 saturated carbocycles. The summed E-state index contributed by atoms with van der Waals surface area (Å²) in [5.41, 5.74) is -6.60. The van der Waals surface area contributed by atoms with Crippen LogP contribution in [0, 0.1) is 0 Å². The van der Waals surface area contributed by atoms with Crippen molar-refractivity contribution < 1.29 is 64.8 Å². The molecule has 0 bridgehead atoms. The second-order valence-corrected chi connectivity index (χ2v) is 11.6. The monoisotopic (exact) mass is 510 g/mol. The first kappa shape index (κ1) is 26.2. The highest BCUT2D eigenvalue weighted by molar-refractivity contribution is 8.05. The van der Waals surface area contributed by atoms with Crippen LogP contribution in [0.3, 0.4) is 0 Å². The number of alkyl halides is 9. The molecule has 0 atom stereocenters. The minimum Gasteiger partial charge on any atom is -0.317 e. The van der Waals surface area contributed by atoms with Gasteiger partial charge in [-0.1, -0.05) is 4.13 Å². The first-order valence-corrected chi connectivity index (χ1v) is 11.5. The molecule has 1 aliphatic rings. The van der Waals surface area contributed by atoms with E-state index in [1.807, 2.05) is 0 Å². The quantitative estimate of drug-likeness (QED) is 0.484. The second kappa shape index (κ2) is 7.38. The Balaban J connectivity index is 3.47. The molecule has 0 aromatic carbocycles. The molecule has 1 aliphatic heterocycles. The van der Waals surface area contributed by atoms with Crippen molar-refractivity contribution in [3.8, 4) is 0 Å². The van der Waals surface area contributed by atoms with Crippen LogP contribution in [-0.2, 0) is 29.9 Å². The average Bonchev–Trinajstić information content (AvgIpc) is 2.52. The molecule has 1 saturated heterocycles. The molecule has 0 aliphatic carbocycles. The van der Waals surface area contributed by atoms with Gasteiger partial charge in [0.2, 0.25) is 9.84 Å². The Morgan fingerprint density at radius 3 is 1.48 bits per heavy atom. The number of halogens is 9. The predicted octanol–water partition coefficient (Wildman–Crippen LogP) is 0.743. The third-order valence-electron chi connectivity index (χ3n) is 3.68. The predicted molar refractivity (Wildman–Crippen MR) is 76.7 cm³/mol. The highest BCUT2D eigenvalue weighted by Crippen LogP contribution is 2.52. The van der Waals surface area contributed by atoms with Crippen LogP contribution in [0.4, 0.5) is 39.5 Å². The molecule has 29 heavy (non-hydrogen) atoms. The zero-order chi connectivity index (χ0) is 23.3. The van der Waals surface area contributed by atoms with Gasteiger partial charge in [-0.05, 0) is 25.9 Å². The summed E-state index contributed by atoms with van der Waals surface area (Å²) in [7, 11) is -21.5. The van der Waals surface area contributed by atoms with Crippen LogP contribution in [0.5, 0.6) is 0 Å². The van der Waals surface area contributed by atoms with Crippen molar-refractivity contribution >= 4 is 29.9 Å². The van der Waals surface area contributed by atoms with E-state index in [9.17, 15) is 64.8 Å². The zero-order valence-electron chi connectivity index (χ0n) is 13.5. The maximum atomic E-state index is 14.0. The first-order valence-electron chi connectivity index (χ1n) is 6.98. The molecular weight excluding hydrogens is 499 g/mol. The Morgan fingerprint density at radius 1 is 0.690 bits per heavy atom. The van der Waals surface area contributed by atoms with Crippen molar-refractivity contribution in [2.75, 3.05) is 13.1 Å². The van der Waals surface area contributed by atoms with Crippen molar-refractivity contribution in [1.29, 1.82) is 0 Å². The summed E-state index contributed by atoms with van der Waals surface area (Å²) in [4.78, 5) is 0. The van der Waals surface area contributed by atoms with Crippen molar-refractivity contribution in [2.24, 2.45) is 0 Å². The minimum atomic E-state index is -7.73. The standard InChI is InChI=1S/C9H11F9N2O6S3/c10-6(11,7(12,13)27(21,22)5-1-3-19-4-2-5)8(14,15)28(23,24)20-29(25,26)9(16,17)18/h5,19-20H,1-4H2. The van der Waals surface area contributed by atoms with Crippen LogP contribution in [0.25, 0.3) is 0 Å². The molecule has 20 heteroatoms. The van der Waals surface area contributed by atoms with Gasteiger partial charge in [-0.2, -0.15) is 39.5 Å². The van der Waals surface area contributed by atoms with Gasteiger partial charge in [0.25, 0.3) is 10.0 Å². The Labute approximate surface area is 157 Å². The molecule has 0 spiro atoms. The average molecular weight is 510 g/mol. The molecule has 0 unspecified atom stereocenters. The fraction of sp³-hybridized carbons (Fsp3) is 1.00. The van der Waals surface area contributed by atoms with Crippen LogP contribution in [-0.4, -0.2) is 65.5 Å². The topological polar surface area (TPSA) is 126 Å². The Morgan fingerprint density at radius 2 is 1.10 bits per heavy atom. The molecule has 1 rings (SSSR count). The van der Waals surface area contributed by atoms with E-state index in [2.05, 4.69) is 5.32 Å². The van der Waals surface area contributed by atoms with Gasteiger partial charge in [-0.25, -0.2) is 25.3 Å². The smallest absolute Gasteiger partial charge is 0.317 e. The molecule has 174 valence electrons. The molecule has 0 aromatic heterocycles. The summed E-state index contributed by atoms with van der Waals surface area (Å²) in [5, 5.41) is -13.9. The van der Waals surface area contributed by atoms with E-state index in [0.29, 0.717) is 0 Å². The van der Waals surface area contributed by atoms with E-state index in [0.717, 1.165) is 0 Å². The maximum absolute atomic E-state index is 14.0. The summed E-state index contributed by atoms with van der Waals surface area (Å²) in [5.74, 6) is -7.35. The Hall–Kier alpha value is -0.860. The summed E-state index contributed by atoms with van der Waals surface area (Å²) < 4.78 is 186. The van der Waals surface area contributed by atoms with Gasteiger partial charge in [-0.3, -0.25) is 0 Å². The molecule has 0 aromatic rings. The number of sulfonamides is 2. The Bertz CT molecular complexity index is 937. The van der Waals surface area contributed by atoms with E-state index in [1.165, 1.54) is 0 Å². The number of hydrogen-bond donors (Lipinski definition) is 2. The summed E-state index contributed by atoms with van der Waals surface area (Å²) in [6.45, 7) is -0.600. The first-order chi connectivity index (χ1) is 12.6. The summed E-state index contributed by atoms with van der Waals surface area (Å²) >= 11 is 0. The van der Waals surface area contributed by atoms with Crippen molar-refractivity contribution in [1.82, 2.24) is 9.44 Å². The lowest BCUT2D eigenvalue weighted by molar-refractivity contribution is -0.244. The number of piperidine rings is 1. The highest BCUT2D eigenvalue weighted by atomic mass is 32.3. The lowest BCUT2D eigenvalue weighted by atomic mass is 10.2. The SMILES string of the molecule is O=S(=O)(NS(=O)(=O)C(F)(F)C(F)(F)C(F)(F)S(=O)(=O)C1CCNCC1)C(F)(F)F. The van der Waals surface area contributed by atoms with E-state index in [1.54, 1.807) is 0 Å². The minimum absolute atomic E-state index is 0.300. The van der Waals surface area contributed by atoms with Gasteiger partial charge >= 0.3 is 32.0 Å². The van der Waals surface area contributed by atoms with Gasteiger partial charge in [0, 0.05) is 0 Å². The van der Waals surface area contributed by atoms with Crippen LogP contribution >= 0.6 is 0 Å². The zero-order valence-corrected chi connectivity index (χ0v) is 15.9. The molecule has 1 heterocycles. The molecular formula is C9H11F9N2O6S3.